The van der Waals surface area contributed by atoms with E-state index in [2.05, 4.69) is 15.5 Å². The average Bonchev–Trinajstić information content (AvgIpc) is 2.89. The van der Waals surface area contributed by atoms with Crippen molar-refractivity contribution in [2.24, 2.45) is 10.2 Å². The first-order valence-corrected chi connectivity index (χ1v) is 13.9. The van der Waals surface area contributed by atoms with Gasteiger partial charge in [0.1, 0.15) is 11.4 Å². The van der Waals surface area contributed by atoms with Gasteiger partial charge in [-0.3, -0.25) is 9.35 Å². The average molecular weight is 610 g/mol. The largest absolute Gasteiger partial charge is 1.00 e. The SMILES string of the molecule is CCOc1ccc(Cl)c(NC(=O)c2cc3ccccc3c(N=Nc3c(Cl)ccc(S(=O)(=O)O)c3CC)c2[O-])c1.[Na+]. The summed E-state index contributed by atoms with van der Waals surface area (Å²) in [5.41, 5.74) is -0.00283. The Kier molecular flexibility index (Phi) is 10.6. The predicted molar refractivity (Wildman–Crippen MR) is 149 cm³/mol. The quantitative estimate of drug-likeness (QED) is 0.175. The maximum Gasteiger partial charge on any atom is 1.00 e. The van der Waals surface area contributed by atoms with E-state index in [-0.39, 0.29) is 79.1 Å². The number of hydrogen-bond donors (Lipinski definition) is 2. The minimum atomic E-state index is -4.56. The van der Waals surface area contributed by atoms with E-state index >= 15 is 0 Å². The third-order valence-corrected chi connectivity index (χ3v) is 7.36. The normalized spacial score (nSPS) is 11.4. The van der Waals surface area contributed by atoms with Crippen molar-refractivity contribution in [3.8, 4) is 11.5 Å². The Labute approximate surface area is 263 Å². The summed E-state index contributed by atoms with van der Waals surface area (Å²) in [5, 5.41) is 25.7. The Balaban J connectivity index is 0.00000441. The summed E-state index contributed by atoms with van der Waals surface area (Å²) in [4.78, 5) is 12.9. The molecule has 1 amide bonds. The van der Waals surface area contributed by atoms with Crippen molar-refractivity contribution in [2.75, 3.05) is 11.9 Å². The van der Waals surface area contributed by atoms with Crippen LogP contribution in [0.3, 0.4) is 0 Å². The van der Waals surface area contributed by atoms with Crippen molar-refractivity contribution in [1.29, 1.82) is 0 Å². The molecular weight excluding hydrogens is 588 g/mol. The van der Waals surface area contributed by atoms with Gasteiger partial charge in [-0.2, -0.15) is 13.5 Å². The van der Waals surface area contributed by atoms with Crippen molar-refractivity contribution < 1.29 is 57.2 Å². The number of halogens is 2. The van der Waals surface area contributed by atoms with Crippen LogP contribution in [0, 0.1) is 0 Å². The third-order valence-electron chi connectivity index (χ3n) is 5.79. The summed E-state index contributed by atoms with van der Waals surface area (Å²) < 4.78 is 38.8. The Morgan fingerprint density at radius 3 is 2.35 bits per heavy atom. The van der Waals surface area contributed by atoms with E-state index in [0.29, 0.717) is 23.1 Å². The zero-order chi connectivity index (χ0) is 28.3. The molecular formula is C27H22Cl2N3NaO6S. The Hall–Kier alpha value is -2.70. The van der Waals surface area contributed by atoms with Crippen molar-refractivity contribution in [3.63, 3.8) is 0 Å². The van der Waals surface area contributed by atoms with E-state index in [4.69, 9.17) is 27.9 Å². The van der Waals surface area contributed by atoms with Crippen LogP contribution in [0.15, 0.2) is 75.8 Å². The molecule has 0 atom stereocenters. The third kappa shape index (κ3) is 6.77. The molecule has 9 nitrogen and oxygen atoms in total. The summed E-state index contributed by atoms with van der Waals surface area (Å²) in [5.74, 6) is -0.950. The summed E-state index contributed by atoms with van der Waals surface area (Å²) in [6.07, 6.45) is 0.152. The van der Waals surface area contributed by atoms with Gasteiger partial charge in [0.05, 0.1) is 32.9 Å². The molecule has 0 aliphatic rings. The fourth-order valence-electron chi connectivity index (χ4n) is 4.00. The molecule has 0 spiro atoms. The monoisotopic (exact) mass is 609 g/mol. The number of rotatable bonds is 8. The summed E-state index contributed by atoms with van der Waals surface area (Å²) in [6.45, 7) is 3.89. The van der Waals surface area contributed by atoms with Crippen LogP contribution in [0.2, 0.25) is 10.0 Å². The van der Waals surface area contributed by atoms with Gasteiger partial charge >= 0.3 is 29.6 Å². The summed E-state index contributed by atoms with van der Waals surface area (Å²) in [6, 6.07) is 15.4. The number of amides is 1. The summed E-state index contributed by atoms with van der Waals surface area (Å²) in [7, 11) is -4.56. The molecule has 4 aromatic carbocycles. The first-order valence-electron chi connectivity index (χ1n) is 11.7. The first-order chi connectivity index (χ1) is 18.5. The van der Waals surface area contributed by atoms with Crippen LogP contribution in [0.25, 0.3) is 10.8 Å². The van der Waals surface area contributed by atoms with Crippen LogP contribution in [0.5, 0.6) is 11.5 Å². The number of nitrogens with zero attached hydrogens (tertiary/aromatic N) is 2. The number of ether oxygens (including phenoxy) is 1. The van der Waals surface area contributed by atoms with Gasteiger partial charge in [-0.05, 0) is 49.1 Å². The molecule has 4 aromatic rings. The molecule has 4 rings (SSSR count). The van der Waals surface area contributed by atoms with E-state index in [1.54, 1.807) is 49.4 Å². The minimum Gasteiger partial charge on any atom is -0.870 e. The van der Waals surface area contributed by atoms with Crippen LogP contribution in [-0.4, -0.2) is 25.5 Å². The van der Waals surface area contributed by atoms with E-state index in [1.165, 1.54) is 18.2 Å². The predicted octanol–water partition coefficient (Wildman–Crippen LogP) is 4.10. The smallest absolute Gasteiger partial charge is 0.870 e. The Morgan fingerprint density at radius 2 is 1.68 bits per heavy atom. The van der Waals surface area contributed by atoms with Crippen LogP contribution in [-0.2, 0) is 16.5 Å². The molecule has 0 bridgehead atoms. The molecule has 0 aliphatic heterocycles. The molecule has 0 saturated heterocycles. The number of azo groups is 1. The van der Waals surface area contributed by atoms with Crippen LogP contribution >= 0.6 is 23.2 Å². The van der Waals surface area contributed by atoms with Crippen LogP contribution < -0.4 is 44.7 Å². The maximum atomic E-state index is 13.5. The molecule has 0 unspecified atom stereocenters. The zero-order valence-electron chi connectivity index (χ0n) is 21.7. The van der Waals surface area contributed by atoms with Gasteiger partial charge in [0.25, 0.3) is 16.0 Å². The van der Waals surface area contributed by atoms with Crippen LogP contribution in [0.4, 0.5) is 17.1 Å². The Bertz CT molecular complexity index is 1730. The maximum absolute atomic E-state index is 13.5. The zero-order valence-corrected chi connectivity index (χ0v) is 26.1. The number of carbonyl (C=O) groups is 1. The van der Waals surface area contributed by atoms with E-state index in [1.807, 2.05) is 6.92 Å². The van der Waals surface area contributed by atoms with E-state index in [9.17, 15) is 22.9 Å². The van der Waals surface area contributed by atoms with Crippen molar-refractivity contribution >= 4 is 67.1 Å². The van der Waals surface area contributed by atoms with Gasteiger partial charge in [-0.25, -0.2) is 0 Å². The standard InChI is InChI=1S/C27H23Cl2N3O6S.Na/c1-3-17-23(39(35,36)37)12-11-21(29)24(17)31-32-25-18-8-6-5-7-15(18)13-19(26(25)33)27(34)30-22-14-16(38-4-2)9-10-20(22)28;/h5-14,33H,3-4H2,1-2H3,(H,30,34)(H,35,36,37);/q;+1/p-1. The van der Waals surface area contributed by atoms with E-state index < -0.39 is 21.8 Å². The van der Waals surface area contributed by atoms with E-state index in [0.717, 1.165) is 0 Å². The van der Waals surface area contributed by atoms with Gasteiger partial charge < -0.3 is 15.2 Å². The van der Waals surface area contributed by atoms with Gasteiger partial charge in [-0.1, -0.05) is 60.1 Å². The molecule has 0 heterocycles. The molecule has 13 heteroatoms. The fraction of sp³-hybridized carbons (Fsp3) is 0.148. The number of nitrogens with one attached hydrogen (secondary N) is 1. The fourth-order valence-corrected chi connectivity index (χ4v) is 5.18. The first kappa shape index (κ1) is 31.8. The van der Waals surface area contributed by atoms with Crippen molar-refractivity contribution in [3.05, 3.63) is 81.8 Å². The molecule has 0 aromatic heterocycles. The number of anilines is 1. The second-order valence-electron chi connectivity index (χ2n) is 8.25. The summed E-state index contributed by atoms with van der Waals surface area (Å²) >= 11 is 12.5. The molecule has 40 heavy (non-hydrogen) atoms. The second-order valence-corrected chi connectivity index (χ2v) is 10.5. The van der Waals surface area contributed by atoms with Gasteiger partial charge in [-0.15, -0.1) is 5.11 Å². The second kappa shape index (κ2) is 13.3. The number of benzene rings is 4. The molecule has 202 valence electrons. The molecule has 2 N–H and O–H groups in total. The molecule has 0 radical (unpaired) electrons. The van der Waals surface area contributed by atoms with Gasteiger partial charge in [0, 0.05) is 22.6 Å². The number of fused-ring (bicyclic) bond motifs is 1. The number of hydrogen-bond acceptors (Lipinski definition) is 7. The Morgan fingerprint density at radius 1 is 1.00 bits per heavy atom. The molecule has 0 fully saturated rings. The number of carbonyl (C=O) groups excluding carboxylic acids is 1. The van der Waals surface area contributed by atoms with Crippen molar-refractivity contribution in [1.82, 2.24) is 0 Å². The molecule has 0 aliphatic carbocycles. The van der Waals surface area contributed by atoms with Gasteiger partial charge in [0.15, 0.2) is 0 Å². The van der Waals surface area contributed by atoms with Crippen LogP contribution in [0.1, 0.15) is 29.8 Å². The minimum absolute atomic E-state index is 0. The van der Waals surface area contributed by atoms with Gasteiger partial charge in [0.2, 0.25) is 0 Å². The molecule has 0 saturated carbocycles. The topological polar surface area (TPSA) is 140 Å². The van der Waals surface area contributed by atoms with Crippen molar-refractivity contribution in [2.45, 2.75) is 25.2 Å².